The topological polar surface area (TPSA) is 83.3 Å². The molecule has 1 aromatic rings. The third kappa shape index (κ3) is 2.37. The molecule has 0 amide bonds. The lowest BCUT2D eigenvalue weighted by atomic mass is 9.96. The van der Waals surface area contributed by atoms with Crippen molar-refractivity contribution in [3.63, 3.8) is 0 Å². The Hall–Kier alpha value is -1.27. The van der Waals surface area contributed by atoms with E-state index in [1.54, 1.807) is 19.1 Å². The molecule has 0 aliphatic heterocycles. The van der Waals surface area contributed by atoms with Crippen molar-refractivity contribution >= 4 is 16.8 Å². The molecule has 1 saturated carbocycles. The summed E-state index contributed by atoms with van der Waals surface area (Å²) in [6.07, 6.45) is 1.66. The van der Waals surface area contributed by atoms with E-state index in [1.807, 2.05) is 0 Å². The summed E-state index contributed by atoms with van der Waals surface area (Å²) in [5.74, 6) is 0.101. The van der Waals surface area contributed by atoms with Gasteiger partial charge in [-0.15, -0.1) is 0 Å². The molecule has 1 unspecified atom stereocenters. The highest BCUT2D eigenvalue weighted by Gasteiger charge is 2.44. The molecular weight excluding hydrogens is 242 g/mol. The van der Waals surface area contributed by atoms with E-state index in [0.29, 0.717) is 5.56 Å². The highest BCUT2D eigenvalue weighted by molar-refractivity contribution is 7.79. The van der Waals surface area contributed by atoms with E-state index in [4.69, 9.17) is 0 Å². The Morgan fingerprint density at radius 3 is 2.53 bits per heavy atom. The van der Waals surface area contributed by atoms with Crippen LogP contribution in [0.2, 0.25) is 0 Å². The molecule has 92 valence electrons. The van der Waals surface area contributed by atoms with E-state index in [-0.39, 0.29) is 16.9 Å². The molecule has 17 heavy (non-hydrogen) atoms. The third-order valence-electron chi connectivity index (χ3n) is 3.25. The maximum absolute atomic E-state index is 10.8. The summed E-state index contributed by atoms with van der Waals surface area (Å²) in [5.41, 5.74) is 1.25. The van der Waals surface area contributed by atoms with Crippen molar-refractivity contribution in [2.24, 2.45) is 0 Å². The summed E-state index contributed by atoms with van der Waals surface area (Å²) in [7, 11) is 0. The molecule has 0 saturated heterocycles. The summed E-state index contributed by atoms with van der Waals surface area (Å²) < 4.78 is 21.6. The van der Waals surface area contributed by atoms with Gasteiger partial charge in [0.15, 0.2) is 0 Å². The summed E-state index contributed by atoms with van der Waals surface area (Å²) >= 11 is -2.08. The molecule has 1 atom stereocenters. The number of hydrogen-bond acceptors (Lipinski definition) is 4. The van der Waals surface area contributed by atoms with Crippen LogP contribution in [-0.2, 0) is 16.5 Å². The van der Waals surface area contributed by atoms with Gasteiger partial charge in [-0.2, -0.15) is 0 Å². The van der Waals surface area contributed by atoms with Gasteiger partial charge in [0.2, 0.25) is 0 Å². The van der Waals surface area contributed by atoms with E-state index < -0.39 is 16.0 Å². The first kappa shape index (κ1) is 12.2. The van der Waals surface area contributed by atoms with Crippen LogP contribution in [0.4, 0.5) is 5.69 Å². The summed E-state index contributed by atoms with van der Waals surface area (Å²) in [4.78, 5) is 10.3. The zero-order valence-corrected chi connectivity index (χ0v) is 10.2. The molecule has 6 heteroatoms. The van der Waals surface area contributed by atoms with Crippen LogP contribution in [0.1, 0.15) is 24.0 Å². The highest BCUT2D eigenvalue weighted by Crippen LogP contribution is 2.49. The van der Waals surface area contributed by atoms with Crippen molar-refractivity contribution < 1.29 is 13.7 Å². The molecule has 1 aliphatic rings. The van der Waals surface area contributed by atoms with Gasteiger partial charge in [0.05, 0.1) is 4.92 Å². The first-order chi connectivity index (χ1) is 7.94. The van der Waals surface area contributed by atoms with Crippen LogP contribution in [0.25, 0.3) is 0 Å². The van der Waals surface area contributed by atoms with Crippen molar-refractivity contribution in [3.05, 3.63) is 39.4 Å². The monoisotopic (exact) mass is 254 g/mol. The lowest BCUT2D eigenvalue weighted by Crippen LogP contribution is -2.16. The van der Waals surface area contributed by atoms with Gasteiger partial charge in [0.1, 0.15) is 0 Å². The lowest BCUT2D eigenvalue weighted by molar-refractivity contribution is -0.385. The van der Waals surface area contributed by atoms with Crippen molar-refractivity contribution in [1.82, 2.24) is 0 Å². The number of aryl methyl sites for hydroxylation is 1. The summed E-state index contributed by atoms with van der Waals surface area (Å²) in [5, 5.41) is 10.7. The van der Waals surface area contributed by atoms with Gasteiger partial charge in [0, 0.05) is 22.8 Å². The Morgan fingerprint density at radius 2 is 2.12 bits per heavy atom. The number of nitrogens with zero attached hydrogens (tertiary/aromatic N) is 1. The SMILES string of the molecule is Cc1cc(C2(CS(=O)[O-])CC2)ccc1[N+](=O)[O-]. The molecule has 1 aliphatic carbocycles. The molecule has 0 spiro atoms. The zero-order valence-electron chi connectivity index (χ0n) is 9.34. The molecule has 1 aromatic carbocycles. The van der Waals surface area contributed by atoms with E-state index >= 15 is 0 Å². The number of rotatable bonds is 4. The Morgan fingerprint density at radius 1 is 1.47 bits per heavy atom. The number of benzene rings is 1. The normalized spacial score (nSPS) is 18.7. The Labute approximate surface area is 101 Å². The highest BCUT2D eigenvalue weighted by atomic mass is 32.2. The number of hydrogen-bond donors (Lipinski definition) is 0. The van der Waals surface area contributed by atoms with Gasteiger partial charge < -0.3 is 4.55 Å². The van der Waals surface area contributed by atoms with Crippen LogP contribution < -0.4 is 0 Å². The quantitative estimate of drug-likeness (QED) is 0.466. The largest absolute Gasteiger partial charge is 0.772 e. The molecule has 0 radical (unpaired) electrons. The van der Waals surface area contributed by atoms with Gasteiger partial charge in [-0.1, -0.05) is 17.1 Å². The van der Waals surface area contributed by atoms with E-state index in [0.717, 1.165) is 18.4 Å². The fourth-order valence-corrected chi connectivity index (χ4v) is 2.99. The average molecular weight is 254 g/mol. The Balaban J connectivity index is 2.32. The van der Waals surface area contributed by atoms with Crippen LogP contribution >= 0.6 is 0 Å². The van der Waals surface area contributed by atoms with E-state index in [1.165, 1.54) is 6.07 Å². The van der Waals surface area contributed by atoms with Crippen LogP contribution in [0.15, 0.2) is 18.2 Å². The second-order valence-electron chi connectivity index (χ2n) is 4.49. The van der Waals surface area contributed by atoms with Gasteiger partial charge in [0.25, 0.3) is 5.69 Å². The fourth-order valence-electron chi connectivity index (χ4n) is 2.08. The number of nitro benzene ring substituents is 1. The second-order valence-corrected chi connectivity index (χ2v) is 5.38. The van der Waals surface area contributed by atoms with Crippen molar-refractivity contribution in [2.45, 2.75) is 25.2 Å². The fraction of sp³-hybridized carbons (Fsp3) is 0.455. The van der Waals surface area contributed by atoms with E-state index in [2.05, 4.69) is 0 Å². The predicted octanol–water partition coefficient (Wildman–Crippen LogP) is 1.81. The van der Waals surface area contributed by atoms with Crippen molar-refractivity contribution in [2.75, 3.05) is 5.75 Å². The minimum Gasteiger partial charge on any atom is -0.772 e. The van der Waals surface area contributed by atoms with Crippen molar-refractivity contribution in [3.8, 4) is 0 Å². The molecule has 0 bridgehead atoms. The maximum atomic E-state index is 10.8. The third-order valence-corrected chi connectivity index (χ3v) is 4.04. The van der Waals surface area contributed by atoms with Crippen molar-refractivity contribution in [1.29, 1.82) is 0 Å². The molecule has 2 rings (SSSR count). The summed E-state index contributed by atoms with van der Waals surface area (Å²) in [6, 6.07) is 4.86. The molecule has 0 aromatic heterocycles. The van der Waals surface area contributed by atoms with Crippen LogP contribution in [0, 0.1) is 17.0 Å². The maximum Gasteiger partial charge on any atom is 0.272 e. The molecule has 5 nitrogen and oxygen atoms in total. The molecule has 1 fully saturated rings. The van der Waals surface area contributed by atoms with E-state index in [9.17, 15) is 18.9 Å². The Bertz CT molecular complexity index is 496. The minimum atomic E-state index is -2.08. The number of nitro groups is 1. The standard InChI is InChI=1S/C11H13NO4S/c1-8-6-9(2-3-10(8)12(13)14)11(4-5-11)7-17(15)16/h2-3,6H,4-5,7H2,1H3,(H,15,16)/p-1. The average Bonchev–Trinajstić information content (AvgIpc) is 2.97. The zero-order chi connectivity index (χ0) is 12.6. The molecular formula is C11H12NO4S-. The molecule has 0 N–H and O–H groups in total. The first-order valence-electron chi connectivity index (χ1n) is 5.26. The summed E-state index contributed by atoms with van der Waals surface area (Å²) in [6.45, 7) is 1.67. The Kier molecular flexibility index (Phi) is 3.01. The van der Waals surface area contributed by atoms with Gasteiger partial charge >= 0.3 is 0 Å². The second kappa shape index (κ2) is 4.19. The molecule has 0 heterocycles. The van der Waals surface area contributed by atoms with Gasteiger partial charge in [-0.25, -0.2) is 0 Å². The van der Waals surface area contributed by atoms with Crippen LogP contribution in [-0.4, -0.2) is 19.4 Å². The predicted molar refractivity (Wildman–Crippen MR) is 62.5 cm³/mol. The first-order valence-corrected chi connectivity index (χ1v) is 6.50. The van der Waals surface area contributed by atoms with Gasteiger partial charge in [-0.05, 0) is 31.4 Å². The van der Waals surface area contributed by atoms with Gasteiger partial charge in [-0.3, -0.25) is 14.3 Å². The lowest BCUT2D eigenvalue weighted by Gasteiger charge is -2.17. The van der Waals surface area contributed by atoms with Crippen LogP contribution in [0.5, 0.6) is 0 Å². The smallest absolute Gasteiger partial charge is 0.272 e. The minimum absolute atomic E-state index is 0.0767. The van der Waals surface area contributed by atoms with Crippen LogP contribution in [0.3, 0.4) is 0 Å².